The monoisotopic (exact) mass is 392 g/mol. The van der Waals surface area contributed by atoms with Gasteiger partial charge in [0.05, 0.1) is 6.26 Å². The van der Waals surface area contributed by atoms with E-state index in [4.69, 9.17) is 4.42 Å². The van der Waals surface area contributed by atoms with Crippen molar-refractivity contribution < 1.29 is 14.0 Å². The van der Waals surface area contributed by atoms with Crippen molar-refractivity contribution in [1.82, 2.24) is 5.32 Å². The van der Waals surface area contributed by atoms with Crippen LogP contribution in [0.25, 0.3) is 6.08 Å². The average Bonchev–Trinajstić information content (AvgIpc) is 3.21. The zero-order valence-corrected chi connectivity index (χ0v) is 16.4. The van der Waals surface area contributed by atoms with Crippen LogP contribution in [-0.4, -0.2) is 18.1 Å². The summed E-state index contributed by atoms with van der Waals surface area (Å²) in [7, 11) is 0. The Labute approximate surface area is 167 Å². The summed E-state index contributed by atoms with van der Waals surface area (Å²) < 4.78 is 5.29. The summed E-state index contributed by atoms with van der Waals surface area (Å²) in [6.07, 6.45) is 4.97. The highest BCUT2D eigenvalue weighted by atomic mass is 32.2. The number of hydrogen-bond acceptors (Lipinski definition) is 4. The molecule has 2 N–H and O–H groups in total. The Morgan fingerprint density at radius 1 is 1.04 bits per heavy atom. The van der Waals surface area contributed by atoms with E-state index in [1.165, 1.54) is 12.3 Å². The highest BCUT2D eigenvalue weighted by molar-refractivity contribution is 7.98. The summed E-state index contributed by atoms with van der Waals surface area (Å²) in [4.78, 5) is 26.4. The molecule has 0 spiro atoms. The van der Waals surface area contributed by atoms with Crippen LogP contribution in [0.4, 0.5) is 5.69 Å². The van der Waals surface area contributed by atoms with Gasteiger partial charge in [-0.05, 0) is 55.6 Å². The highest BCUT2D eigenvalue weighted by Gasteiger charge is 2.16. The van der Waals surface area contributed by atoms with Gasteiger partial charge in [0.25, 0.3) is 11.8 Å². The molecule has 0 saturated carbocycles. The van der Waals surface area contributed by atoms with E-state index in [2.05, 4.69) is 10.6 Å². The van der Waals surface area contributed by atoms with Gasteiger partial charge in [0, 0.05) is 22.2 Å². The Balaban J connectivity index is 1.83. The van der Waals surface area contributed by atoms with Crippen LogP contribution in [0.5, 0.6) is 0 Å². The molecule has 0 aliphatic carbocycles. The van der Waals surface area contributed by atoms with Crippen molar-refractivity contribution in [1.29, 1.82) is 0 Å². The average molecular weight is 392 g/mol. The van der Waals surface area contributed by atoms with Crippen molar-refractivity contribution in [3.05, 3.63) is 89.5 Å². The number of nitrogens with one attached hydrogen (secondary N) is 2. The van der Waals surface area contributed by atoms with Crippen molar-refractivity contribution in [2.45, 2.75) is 11.8 Å². The molecule has 142 valence electrons. The minimum atomic E-state index is -0.435. The molecule has 0 atom stereocenters. The van der Waals surface area contributed by atoms with Gasteiger partial charge in [-0.1, -0.05) is 23.8 Å². The summed E-state index contributed by atoms with van der Waals surface area (Å²) in [6, 6.07) is 18.0. The third kappa shape index (κ3) is 5.14. The molecule has 0 radical (unpaired) electrons. The lowest BCUT2D eigenvalue weighted by atomic mass is 10.1. The highest BCUT2D eigenvalue weighted by Crippen LogP contribution is 2.19. The molecule has 0 fully saturated rings. The third-order valence-corrected chi connectivity index (χ3v) is 4.69. The van der Waals surface area contributed by atoms with Crippen LogP contribution in [0, 0.1) is 6.92 Å². The molecule has 3 rings (SSSR count). The molecule has 1 aromatic heterocycles. The van der Waals surface area contributed by atoms with Gasteiger partial charge in [-0.15, -0.1) is 11.8 Å². The smallest absolute Gasteiger partial charge is 0.272 e. The minimum absolute atomic E-state index is 0.0927. The number of carbonyl (C=O) groups excluding carboxylic acids is 2. The van der Waals surface area contributed by atoms with Gasteiger partial charge in [-0.2, -0.15) is 0 Å². The maximum absolute atomic E-state index is 12.8. The van der Waals surface area contributed by atoms with Crippen LogP contribution in [0.3, 0.4) is 0 Å². The number of amides is 2. The summed E-state index contributed by atoms with van der Waals surface area (Å²) in [6.45, 7) is 1.94. The number of rotatable bonds is 6. The van der Waals surface area contributed by atoms with Crippen LogP contribution in [0.15, 0.2) is 81.9 Å². The molecule has 0 aliphatic rings. The molecule has 3 aromatic rings. The quantitative estimate of drug-likeness (QED) is 0.470. The second-order valence-electron chi connectivity index (χ2n) is 6.08. The SMILES string of the molecule is CSc1cccc(NC(=O)/C(=C/c2ccco2)NC(=O)c2ccc(C)cc2)c1. The standard InChI is InChI=1S/C22H20N2O3S/c1-15-8-10-16(11-9-15)21(25)24-20(14-18-6-4-12-27-18)22(26)23-17-5-3-7-19(13-17)28-2/h3-14H,1-2H3,(H,23,26)(H,24,25)/b20-14-. The number of aryl methyl sites for hydroxylation is 1. The van der Waals surface area contributed by atoms with E-state index >= 15 is 0 Å². The number of furan rings is 1. The van der Waals surface area contributed by atoms with Crippen LogP contribution < -0.4 is 10.6 Å². The molecule has 28 heavy (non-hydrogen) atoms. The first-order valence-electron chi connectivity index (χ1n) is 8.64. The van der Waals surface area contributed by atoms with Gasteiger partial charge in [0.1, 0.15) is 11.5 Å². The van der Waals surface area contributed by atoms with E-state index in [1.807, 2.05) is 43.5 Å². The Kier molecular flexibility index (Phi) is 6.34. The molecular weight excluding hydrogens is 372 g/mol. The summed E-state index contributed by atoms with van der Waals surface area (Å²) in [5.41, 5.74) is 2.25. The van der Waals surface area contributed by atoms with Crippen LogP contribution in [0.2, 0.25) is 0 Å². The largest absolute Gasteiger partial charge is 0.465 e. The zero-order chi connectivity index (χ0) is 19.9. The lowest BCUT2D eigenvalue weighted by Crippen LogP contribution is -2.30. The zero-order valence-electron chi connectivity index (χ0n) is 15.6. The van der Waals surface area contributed by atoms with Crippen molar-refractivity contribution in [3.8, 4) is 0 Å². The lowest BCUT2D eigenvalue weighted by Gasteiger charge is -2.11. The van der Waals surface area contributed by atoms with E-state index in [1.54, 1.807) is 42.1 Å². The predicted molar refractivity (Wildman–Crippen MR) is 112 cm³/mol. The van der Waals surface area contributed by atoms with E-state index in [0.29, 0.717) is 17.0 Å². The molecule has 1 heterocycles. The molecule has 5 nitrogen and oxygen atoms in total. The molecule has 0 aliphatic heterocycles. The number of hydrogen-bond donors (Lipinski definition) is 2. The molecule has 0 unspecified atom stereocenters. The van der Waals surface area contributed by atoms with Gasteiger partial charge < -0.3 is 15.1 Å². The fraction of sp³-hybridized carbons (Fsp3) is 0.0909. The number of thioether (sulfide) groups is 1. The normalized spacial score (nSPS) is 11.1. The van der Waals surface area contributed by atoms with Crippen molar-refractivity contribution in [3.63, 3.8) is 0 Å². The Morgan fingerprint density at radius 2 is 1.82 bits per heavy atom. The van der Waals surface area contributed by atoms with Gasteiger partial charge in [-0.3, -0.25) is 9.59 Å². The first-order valence-corrected chi connectivity index (χ1v) is 9.86. The van der Waals surface area contributed by atoms with Crippen LogP contribution >= 0.6 is 11.8 Å². The molecule has 0 saturated heterocycles. The topological polar surface area (TPSA) is 71.3 Å². The third-order valence-electron chi connectivity index (χ3n) is 3.96. The van der Waals surface area contributed by atoms with Gasteiger partial charge in [0.15, 0.2) is 0 Å². The molecular formula is C22H20N2O3S. The predicted octanol–water partition coefficient (Wildman–Crippen LogP) is 4.72. The number of anilines is 1. The number of carbonyl (C=O) groups is 2. The lowest BCUT2D eigenvalue weighted by molar-refractivity contribution is -0.113. The van der Waals surface area contributed by atoms with Crippen molar-refractivity contribution in [2.75, 3.05) is 11.6 Å². The maximum atomic E-state index is 12.8. The fourth-order valence-corrected chi connectivity index (χ4v) is 2.93. The second-order valence-corrected chi connectivity index (χ2v) is 6.96. The van der Waals surface area contributed by atoms with Crippen molar-refractivity contribution >= 4 is 35.3 Å². The summed E-state index contributed by atoms with van der Waals surface area (Å²) in [5, 5.41) is 5.50. The van der Waals surface area contributed by atoms with Gasteiger partial charge in [-0.25, -0.2) is 0 Å². The molecule has 2 amide bonds. The Morgan fingerprint density at radius 3 is 2.50 bits per heavy atom. The maximum Gasteiger partial charge on any atom is 0.272 e. The first-order chi connectivity index (χ1) is 13.5. The van der Waals surface area contributed by atoms with E-state index < -0.39 is 5.91 Å². The van der Waals surface area contributed by atoms with E-state index in [0.717, 1.165) is 10.5 Å². The molecule has 2 aromatic carbocycles. The Hall–Kier alpha value is -3.25. The van der Waals surface area contributed by atoms with Gasteiger partial charge >= 0.3 is 0 Å². The first kappa shape index (κ1) is 19.5. The molecule has 6 heteroatoms. The molecule has 0 bridgehead atoms. The van der Waals surface area contributed by atoms with Crippen LogP contribution in [0.1, 0.15) is 21.7 Å². The van der Waals surface area contributed by atoms with E-state index in [-0.39, 0.29) is 11.6 Å². The van der Waals surface area contributed by atoms with Crippen molar-refractivity contribution in [2.24, 2.45) is 0 Å². The second kappa shape index (κ2) is 9.10. The summed E-state index contributed by atoms with van der Waals surface area (Å²) in [5.74, 6) is -0.340. The fourth-order valence-electron chi connectivity index (χ4n) is 2.47. The number of benzene rings is 2. The minimum Gasteiger partial charge on any atom is -0.465 e. The van der Waals surface area contributed by atoms with Crippen LogP contribution in [-0.2, 0) is 4.79 Å². The van der Waals surface area contributed by atoms with E-state index in [9.17, 15) is 9.59 Å². The van der Waals surface area contributed by atoms with Gasteiger partial charge in [0.2, 0.25) is 0 Å². The summed E-state index contributed by atoms with van der Waals surface area (Å²) >= 11 is 1.58. The Bertz CT molecular complexity index is 993.